The van der Waals surface area contributed by atoms with Crippen LogP contribution in [0.25, 0.3) is 16.6 Å². The number of H-pyrrole nitrogens is 1. The van der Waals surface area contributed by atoms with E-state index >= 15 is 0 Å². The van der Waals surface area contributed by atoms with Crippen LogP contribution in [0.1, 0.15) is 40.9 Å². The minimum atomic E-state index is -0.252. The van der Waals surface area contributed by atoms with Gasteiger partial charge in [0.15, 0.2) is 0 Å². The number of benzene rings is 2. The van der Waals surface area contributed by atoms with Crippen LogP contribution >= 0.6 is 11.6 Å². The summed E-state index contributed by atoms with van der Waals surface area (Å²) in [5.74, 6) is 1.09. The van der Waals surface area contributed by atoms with E-state index in [1.807, 2.05) is 51.1 Å². The lowest BCUT2D eigenvalue weighted by molar-refractivity contribution is 0.0738. The minimum absolute atomic E-state index is 0.108. The second-order valence-electron chi connectivity index (χ2n) is 8.22. The summed E-state index contributed by atoms with van der Waals surface area (Å²) in [6.07, 6.45) is 0.770. The van der Waals surface area contributed by atoms with Gasteiger partial charge in [0.25, 0.3) is 11.5 Å². The number of carbonyl (C=O) groups is 1. The number of methoxy groups -OCH3 is 1. The summed E-state index contributed by atoms with van der Waals surface area (Å²) in [5, 5.41) is 0.966. The fraction of sp³-hybridized carbons (Fsp3) is 0.269. The van der Waals surface area contributed by atoms with Crippen LogP contribution in [0.15, 0.2) is 53.3 Å². The van der Waals surface area contributed by atoms with Crippen LogP contribution < -0.4 is 10.3 Å². The highest BCUT2D eigenvalue weighted by molar-refractivity contribution is 6.31. The molecule has 8 heteroatoms. The number of carbonyl (C=O) groups excluding carboxylic acids is 1. The van der Waals surface area contributed by atoms with E-state index in [9.17, 15) is 9.59 Å². The fourth-order valence-electron chi connectivity index (χ4n) is 4.22. The molecular weight excluding hydrogens is 452 g/mol. The van der Waals surface area contributed by atoms with Gasteiger partial charge in [0.2, 0.25) is 0 Å². The van der Waals surface area contributed by atoms with Crippen LogP contribution in [-0.2, 0) is 6.54 Å². The molecule has 0 atom stereocenters. The molecule has 0 aliphatic carbocycles. The van der Waals surface area contributed by atoms with Gasteiger partial charge in [-0.05, 0) is 68.8 Å². The first kappa shape index (κ1) is 23.6. The Bertz CT molecular complexity index is 1410. The Morgan fingerprint density at radius 1 is 1.15 bits per heavy atom. The van der Waals surface area contributed by atoms with E-state index in [-0.39, 0.29) is 18.0 Å². The van der Waals surface area contributed by atoms with Gasteiger partial charge in [-0.25, -0.2) is 4.98 Å². The number of halogens is 1. The molecule has 2 heterocycles. The summed E-state index contributed by atoms with van der Waals surface area (Å²) in [7, 11) is 1.63. The number of ether oxygens (including phenoxy) is 1. The molecule has 1 amide bonds. The van der Waals surface area contributed by atoms with Crippen LogP contribution in [0, 0.1) is 13.8 Å². The largest absolute Gasteiger partial charge is 0.497 e. The smallest absolute Gasteiger partial charge is 0.258 e. The van der Waals surface area contributed by atoms with Crippen molar-refractivity contribution in [2.24, 2.45) is 0 Å². The Hall–Kier alpha value is -3.58. The van der Waals surface area contributed by atoms with Crippen LogP contribution in [0.4, 0.5) is 0 Å². The van der Waals surface area contributed by atoms with Crippen LogP contribution in [0.2, 0.25) is 5.02 Å². The Morgan fingerprint density at radius 2 is 1.88 bits per heavy atom. The number of rotatable bonds is 7. The topological polar surface area (TPSA) is 80.2 Å². The van der Waals surface area contributed by atoms with Crippen LogP contribution in [0.3, 0.4) is 0 Å². The Labute approximate surface area is 203 Å². The van der Waals surface area contributed by atoms with Crippen molar-refractivity contribution in [1.29, 1.82) is 0 Å². The van der Waals surface area contributed by atoms with E-state index in [0.717, 1.165) is 29.2 Å². The number of hydrogen-bond acceptors (Lipinski definition) is 4. The first-order chi connectivity index (χ1) is 16.3. The van der Waals surface area contributed by atoms with Crippen molar-refractivity contribution in [3.63, 3.8) is 0 Å². The standard InChI is InChI=1S/C26H27ClN4O3/c1-5-12-30(15-24-28-23-14-18(27)6-11-21(23)25(32)29-24)26(33)22-13-16(2)31(17(22)3)19-7-9-20(34-4)10-8-19/h6-11,13-14H,5,12,15H2,1-4H3,(H,28,29,32). The predicted molar refractivity (Wildman–Crippen MR) is 134 cm³/mol. The molecule has 176 valence electrons. The molecule has 7 nitrogen and oxygen atoms in total. The normalized spacial score (nSPS) is 11.1. The molecule has 34 heavy (non-hydrogen) atoms. The molecule has 0 unspecified atom stereocenters. The summed E-state index contributed by atoms with van der Waals surface area (Å²) in [6.45, 7) is 6.65. The first-order valence-electron chi connectivity index (χ1n) is 11.1. The molecule has 0 aliphatic rings. The maximum Gasteiger partial charge on any atom is 0.258 e. The lowest BCUT2D eigenvalue weighted by atomic mass is 10.2. The van der Waals surface area contributed by atoms with Gasteiger partial charge in [-0.1, -0.05) is 18.5 Å². The molecule has 0 aliphatic heterocycles. The van der Waals surface area contributed by atoms with Gasteiger partial charge in [0.05, 0.1) is 30.1 Å². The van der Waals surface area contributed by atoms with E-state index in [0.29, 0.717) is 33.9 Å². The molecule has 4 aromatic rings. The van der Waals surface area contributed by atoms with E-state index in [1.54, 1.807) is 30.2 Å². The van der Waals surface area contributed by atoms with Crippen LogP contribution in [-0.4, -0.2) is 39.0 Å². The van der Waals surface area contributed by atoms with Crippen molar-refractivity contribution < 1.29 is 9.53 Å². The molecule has 0 spiro atoms. The number of aromatic amines is 1. The quantitative estimate of drug-likeness (QED) is 0.403. The van der Waals surface area contributed by atoms with Crippen LogP contribution in [0.5, 0.6) is 5.75 Å². The van der Waals surface area contributed by atoms with E-state index in [4.69, 9.17) is 16.3 Å². The third-order valence-electron chi connectivity index (χ3n) is 5.83. The van der Waals surface area contributed by atoms with Gasteiger partial charge < -0.3 is 19.2 Å². The van der Waals surface area contributed by atoms with Gasteiger partial charge in [-0.3, -0.25) is 9.59 Å². The van der Waals surface area contributed by atoms with Gasteiger partial charge in [0.1, 0.15) is 11.6 Å². The van der Waals surface area contributed by atoms with Gasteiger partial charge in [-0.2, -0.15) is 0 Å². The monoisotopic (exact) mass is 478 g/mol. The lowest BCUT2D eigenvalue weighted by Crippen LogP contribution is -2.33. The third-order valence-corrected chi connectivity index (χ3v) is 6.07. The average molecular weight is 479 g/mol. The Balaban J connectivity index is 1.67. The Morgan fingerprint density at radius 3 is 2.56 bits per heavy atom. The summed E-state index contributed by atoms with van der Waals surface area (Å²) >= 11 is 6.09. The summed E-state index contributed by atoms with van der Waals surface area (Å²) in [4.78, 5) is 35.2. The van der Waals surface area contributed by atoms with Gasteiger partial charge in [-0.15, -0.1) is 0 Å². The summed E-state index contributed by atoms with van der Waals surface area (Å²) in [6, 6.07) is 14.6. The van der Waals surface area contributed by atoms with Crippen molar-refractivity contribution in [1.82, 2.24) is 19.4 Å². The third kappa shape index (κ3) is 4.56. The zero-order chi connectivity index (χ0) is 24.4. The average Bonchev–Trinajstić information content (AvgIpc) is 3.11. The molecule has 1 N–H and O–H groups in total. The fourth-order valence-corrected chi connectivity index (χ4v) is 4.38. The number of aryl methyl sites for hydroxylation is 1. The van der Waals surface area contributed by atoms with Crippen molar-refractivity contribution in [2.75, 3.05) is 13.7 Å². The minimum Gasteiger partial charge on any atom is -0.497 e. The second kappa shape index (κ2) is 9.73. The molecule has 2 aromatic carbocycles. The number of aromatic nitrogens is 3. The second-order valence-corrected chi connectivity index (χ2v) is 8.66. The van der Waals surface area contributed by atoms with Crippen molar-refractivity contribution in [3.8, 4) is 11.4 Å². The zero-order valence-electron chi connectivity index (χ0n) is 19.7. The maximum atomic E-state index is 13.6. The van der Waals surface area contributed by atoms with Crippen molar-refractivity contribution >= 4 is 28.4 Å². The Kier molecular flexibility index (Phi) is 6.75. The van der Waals surface area contributed by atoms with E-state index < -0.39 is 0 Å². The summed E-state index contributed by atoms with van der Waals surface area (Å²) in [5.41, 5.74) is 3.63. The molecule has 0 saturated carbocycles. The number of hydrogen-bond donors (Lipinski definition) is 1. The molecule has 0 radical (unpaired) electrons. The summed E-state index contributed by atoms with van der Waals surface area (Å²) < 4.78 is 7.31. The molecule has 0 bridgehead atoms. The highest BCUT2D eigenvalue weighted by Crippen LogP contribution is 2.24. The molecule has 2 aromatic heterocycles. The number of nitrogens with one attached hydrogen (secondary N) is 1. The molecule has 0 saturated heterocycles. The zero-order valence-corrected chi connectivity index (χ0v) is 20.4. The van der Waals surface area contributed by atoms with Crippen molar-refractivity contribution in [2.45, 2.75) is 33.7 Å². The van der Waals surface area contributed by atoms with E-state index in [2.05, 4.69) is 14.5 Å². The molecular formula is C26H27ClN4O3. The molecule has 4 rings (SSSR count). The highest BCUT2D eigenvalue weighted by atomic mass is 35.5. The number of nitrogens with zero attached hydrogens (tertiary/aromatic N) is 3. The van der Waals surface area contributed by atoms with E-state index in [1.165, 1.54) is 0 Å². The maximum absolute atomic E-state index is 13.6. The number of fused-ring (bicyclic) bond motifs is 1. The van der Waals surface area contributed by atoms with Gasteiger partial charge >= 0.3 is 0 Å². The SMILES string of the molecule is CCCN(Cc1nc2cc(Cl)ccc2c(=O)[nH]1)C(=O)c1cc(C)n(-c2ccc(OC)cc2)c1C. The lowest BCUT2D eigenvalue weighted by Gasteiger charge is -2.22. The molecule has 0 fully saturated rings. The highest BCUT2D eigenvalue weighted by Gasteiger charge is 2.23. The first-order valence-corrected chi connectivity index (χ1v) is 11.5. The predicted octanol–water partition coefficient (Wildman–Crippen LogP) is 5.05. The van der Waals surface area contributed by atoms with Crippen molar-refractivity contribution in [3.05, 3.63) is 86.7 Å². The number of amides is 1. The van der Waals surface area contributed by atoms with Gasteiger partial charge in [0, 0.05) is 28.6 Å².